The maximum atomic E-state index is 10.8. The molecule has 0 spiro atoms. The Morgan fingerprint density at radius 1 is 1.57 bits per heavy atom. The van der Waals surface area contributed by atoms with Crippen molar-refractivity contribution in [3.63, 3.8) is 0 Å². The number of hydrogen-bond acceptors (Lipinski definition) is 2. The molecule has 0 saturated heterocycles. The van der Waals surface area contributed by atoms with Crippen molar-refractivity contribution >= 4 is 27.6 Å². The topological polar surface area (TPSA) is 49.3 Å². The van der Waals surface area contributed by atoms with Gasteiger partial charge in [0.2, 0.25) is 0 Å². The smallest absolute Gasteiger partial charge is 0.308 e. The van der Waals surface area contributed by atoms with E-state index in [-0.39, 0.29) is 5.92 Å². The Morgan fingerprint density at radius 2 is 2.36 bits per heavy atom. The van der Waals surface area contributed by atoms with Gasteiger partial charge in [-0.3, -0.25) is 4.79 Å². The first-order chi connectivity index (χ1) is 6.68. The van der Waals surface area contributed by atoms with Crippen LogP contribution in [0.4, 0.5) is 5.69 Å². The summed E-state index contributed by atoms with van der Waals surface area (Å²) in [6.45, 7) is 0.505. The van der Waals surface area contributed by atoms with Gasteiger partial charge in [-0.25, -0.2) is 0 Å². The monoisotopic (exact) mass is 255 g/mol. The molecule has 0 saturated carbocycles. The van der Waals surface area contributed by atoms with E-state index in [4.69, 9.17) is 5.11 Å². The summed E-state index contributed by atoms with van der Waals surface area (Å²) >= 11 is 3.43. The predicted octanol–water partition coefficient (Wildman–Crippen LogP) is 2.12. The Labute approximate surface area is 90.3 Å². The molecule has 1 aromatic carbocycles. The number of aliphatic carboxylic acids is 1. The Hall–Kier alpha value is -1.03. The molecule has 0 amide bonds. The molecule has 0 aromatic heterocycles. The summed E-state index contributed by atoms with van der Waals surface area (Å²) in [7, 11) is 0. The van der Waals surface area contributed by atoms with Gasteiger partial charge in [-0.2, -0.15) is 0 Å². The standard InChI is InChI=1S/C10H10BrNO2/c11-8-3-1-2-6-4-7(10(13)14)5-12-9(6)8/h1-3,7,12H,4-5H2,(H,13,14). The SMILES string of the molecule is O=C(O)C1CNc2c(Br)cccc2C1. The summed E-state index contributed by atoms with van der Waals surface area (Å²) in [4.78, 5) is 10.8. The number of nitrogens with one attached hydrogen (secondary N) is 1. The number of fused-ring (bicyclic) bond motifs is 1. The van der Waals surface area contributed by atoms with Crippen LogP contribution in [-0.2, 0) is 11.2 Å². The van der Waals surface area contributed by atoms with E-state index in [1.807, 2.05) is 18.2 Å². The van der Waals surface area contributed by atoms with Crippen LogP contribution in [0.5, 0.6) is 0 Å². The first-order valence-corrected chi connectivity index (χ1v) is 5.22. The maximum absolute atomic E-state index is 10.8. The lowest BCUT2D eigenvalue weighted by molar-refractivity contribution is -0.141. The van der Waals surface area contributed by atoms with Crippen molar-refractivity contribution in [2.24, 2.45) is 5.92 Å². The van der Waals surface area contributed by atoms with E-state index in [0.29, 0.717) is 13.0 Å². The zero-order chi connectivity index (χ0) is 10.1. The molecule has 2 rings (SSSR count). The highest BCUT2D eigenvalue weighted by atomic mass is 79.9. The normalized spacial score (nSPS) is 19.6. The largest absolute Gasteiger partial charge is 0.481 e. The minimum Gasteiger partial charge on any atom is -0.481 e. The summed E-state index contributed by atoms with van der Waals surface area (Å²) in [5, 5.41) is 12.0. The average Bonchev–Trinajstić information content (AvgIpc) is 2.17. The summed E-state index contributed by atoms with van der Waals surface area (Å²) in [6.07, 6.45) is 0.608. The number of hydrogen-bond donors (Lipinski definition) is 2. The Kier molecular flexibility index (Phi) is 2.46. The van der Waals surface area contributed by atoms with Crippen molar-refractivity contribution < 1.29 is 9.90 Å². The van der Waals surface area contributed by atoms with Gasteiger partial charge in [0.25, 0.3) is 0 Å². The molecule has 74 valence electrons. The van der Waals surface area contributed by atoms with Crippen LogP contribution in [0.2, 0.25) is 0 Å². The zero-order valence-corrected chi connectivity index (χ0v) is 9.04. The third kappa shape index (κ3) is 1.62. The molecular weight excluding hydrogens is 246 g/mol. The van der Waals surface area contributed by atoms with E-state index < -0.39 is 5.97 Å². The number of carbonyl (C=O) groups is 1. The van der Waals surface area contributed by atoms with E-state index in [1.165, 1.54) is 0 Å². The second-order valence-electron chi connectivity index (χ2n) is 3.39. The first-order valence-electron chi connectivity index (χ1n) is 4.42. The first kappa shape index (κ1) is 9.52. The molecule has 4 heteroatoms. The van der Waals surface area contributed by atoms with Gasteiger partial charge in [0, 0.05) is 11.0 Å². The maximum Gasteiger partial charge on any atom is 0.308 e. The fraction of sp³-hybridized carbons (Fsp3) is 0.300. The van der Waals surface area contributed by atoms with Crippen LogP contribution in [0.1, 0.15) is 5.56 Å². The van der Waals surface area contributed by atoms with E-state index in [1.54, 1.807) is 0 Å². The van der Waals surface area contributed by atoms with Crippen LogP contribution < -0.4 is 5.32 Å². The third-order valence-electron chi connectivity index (χ3n) is 2.44. The van der Waals surface area contributed by atoms with Gasteiger partial charge in [-0.05, 0) is 34.0 Å². The van der Waals surface area contributed by atoms with Crippen molar-refractivity contribution in [1.29, 1.82) is 0 Å². The lowest BCUT2D eigenvalue weighted by atomic mass is 9.94. The second-order valence-corrected chi connectivity index (χ2v) is 4.25. The molecule has 1 atom stereocenters. The fourth-order valence-corrected chi connectivity index (χ4v) is 2.22. The molecule has 1 unspecified atom stereocenters. The molecule has 2 N–H and O–H groups in total. The van der Waals surface area contributed by atoms with Crippen molar-refractivity contribution in [3.05, 3.63) is 28.2 Å². The molecule has 3 nitrogen and oxygen atoms in total. The lowest BCUT2D eigenvalue weighted by Crippen LogP contribution is -2.29. The average molecular weight is 256 g/mol. The molecule has 0 fully saturated rings. The van der Waals surface area contributed by atoms with Crippen LogP contribution in [0.15, 0.2) is 22.7 Å². The van der Waals surface area contributed by atoms with Crippen molar-refractivity contribution in [3.8, 4) is 0 Å². The highest BCUT2D eigenvalue weighted by Gasteiger charge is 2.24. The molecule has 1 aliphatic rings. The van der Waals surface area contributed by atoms with E-state index in [2.05, 4.69) is 21.2 Å². The molecule has 0 bridgehead atoms. The highest BCUT2D eigenvalue weighted by molar-refractivity contribution is 9.10. The number of para-hydroxylation sites is 1. The van der Waals surface area contributed by atoms with E-state index in [0.717, 1.165) is 15.7 Å². The van der Waals surface area contributed by atoms with Gasteiger partial charge in [0.05, 0.1) is 11.6 Å². The number of carboxylic acids is 1. The second kappa shape index (κ2) is 3.61. The van der Waals surface area contributed by atoms with Crippen LogP contribution in [-0.4, -0.2) is 17.6 Å². The molecule has 1 aliphatic heterocycles. The quantitative estimate of drug-likeness (QED) is 0.809. The molecule has 0 aliphatic carbocycles. The summed E-state index contributed by atoms with van der Waals surface area (Å²) in [5.41, 5.74) is 2.10. The number of benzene rings is 1. The van der Waals surface area contributed by atoms with Crippen LogP contribution in [0.25, 0.3) is 0 Å². The molecule has 14 heavy (non-hydrogen) atoms. The lowest BCUT2D eigenvalue weighted by Gasteiger charge is -2.24. The Morgan fingerprint density at radius 3 is 3.07 bits per heavy atom. The van der Waals surface area contributed by atoms with Gasteiger partial charge in [-0.15, -0.1) is 0 Å². The molecule has 1 aromatic rings. The van der Waals surface area contributed by atoms with Gasteiger partial charge in [0.1, 0.15) is 0 Å². The number of rotatable bonds is 1. The molecule has 0 radical (unpaired) electrons. The minimum atomic E-state index is -0.733. The fourth-order valence-electron chi connectivity index (χ4n) is 1.67. The third-order valence-corrected chi connectivity index (χ3v) is 3.10. The number of carboxylic acid groups (broad SMARTS) is 1. The van der Waals surface area contributed by atoms with Crippen LogP contribution in [0.3, 0.4) is 0 Å². The van der Waals surface area contributed by atoms with Crippen LogP contribution in [0, 0.1) is 5.92 Å². The summed E-state index contributed by atoms with van der Waals surface area (Å²) < 4.78 is 0.999. The van der Waals surface area contributed by atoms with Crippen LogP contribution >= 0.6 is 15.9 Å². The van der Waals surface area contributed by atoms with Gasteiger partial charge in [-0.1, -0.05) is 12.1 Å². The van der Waals surface area contributed by atoms with Crippen molar-refractivity contribution in [2.45, 2.75) is 6.42 Å². The number of anilines is 1. The molecular formula is C10H10BrNO2. The van der Waals surface area contributed by atoms with E-state index >= 15 is 0 Å². The Balaban J connectivity index is 2.31. The highest BCUT2D eigenvalue weighted by Crippen LogP contribution is 2.31. The zero-order valence-electron chi connectivity index (χ0n) is 7.46. The van der Waals surface area contributed by atoms with Gasteiger partial charge >= 0.3 is 5.97 Å². The summed E-state index contributed by atoms with van der Waals surface area (Å²) in [5.74, 6) is -1.04. The number of halogens is 1. The van der Waals surface area contributed by atoms with E-state index in [9.17, 15) is 4.79 Å². The van der Waals surface area contributed by atoms with Crippen molar-refractivity contribution in [1.82, 2.24) is 0 Å². The Bertz CT molecular complexity index is 378. The molecule has 1 heterocycles. The minimum absolute atomic E-state index is 0.309. The van der Waals surface area contributed by atoms with Gasteiger partial charge in [0.15, 0.2) is 0 Å². The summed E-state index contributed by atoms with van der Waals surface area (Å²) in [6, 6.07) is 5.84. The van der Waals surface area contributed by atoms with Gasteiger partial charge < -0.3 is 10.4 Å². The van der Waals surface area contributed by atoms with Crippen molar-refractivity contribution in [2.75, 3.05) is 11.9 Å². The predicted molar refractivity (Wildman–Crippen MR) is 57.5 cm³/mol.